The number of para-hydroxylation sites is 1. The fraction of sp³-hybridized carbons (Fsp3) is 0.448. The van der Waals surface area contributed by atoms with Gasteiger partial charge < -0.3 is 19.5 Å². The molecule has 6 nitrogen and oxygen atoms in total. The Balaban J connectivity index is 1.48. The van der Waals surface area contributed by atoms with E-state index in [0.29, 0.717) is 17.9 Å². The highest BCUT2D eigenvalue weighted by Gasteiger charge is 2.31. The number of carboxylic acid groups (broad SMARTS) is 1. The average Bonchev–Trinajstić information content (AvgIpc) is 3.39. The SMILES string of the molecule is O=C(O)c1ccc2c(C3CCCCC3)c3n(c2c1)CCN(CCN1CCCC1=O)c1ccccc1-3. The van der Waals surface area contributed by atoms with Crippen molar-refractivity contribution in [2.75, 3.05) is 31.1 Å². The summed E-state index contributed by atoms with van der Waals surface area (Å²) in [7, 11) is 0. The van der Waals surface area contributed by atoms with Crippen LogP contribution < -0.4 is 4.90 Å². The van der Waals surface area contributed by atoms with E-state index in [9.17, 15) is 14.7 Å². The largest absolute Gasteiger partial charge is 0.478 e. The number of rotatable bonds is 5. The molecule has 0 unspecified atom stereocenters. The van der Waals surface area contributed by atoms with Crippen LogP contribution in [0.3, 0.4) is 0 Å². The summed E-state index contributed by atoms with van der Waals surface area (Å²) >= 11 is 0. The number of benzene rings is 2. The van der Waals surface area contributed by atoms with Crippen molar-refractivity contribution in [3.63, 3.8) is 0 Å². The summed E-state index contributed by atoms with van der Waals surface area (Å²) in [5.74, 6) is -0.112. The Labute approximate surface area is 206 Å². The predicted octanol–water partition coefficient (Wildman–Crippen LogP) is 5.50. The van der Waals surface area contributed by atoms with Crippen molar-refractivity contribution < 1.29 is 14.7 Å². The first kappa shape index (κ1) is 22.2. The Bertz CT molecular complexity index is 1290. The zero-order chi connectivity index (χ0) is 23.9. The van der Waals surface area contributed by atoms with Gasteiger partial charge in [0.2, 0.25) is 5.91 Å². The molecule has 3 aromatic rings. The highest BCUT2D eigenvalue weighted by molar-refractivity contribution is 5.99. The van der Waals surface area contributed by atoms with E-state index in [1.165, 1.54) is 60.0 Å². The summed E-state index contributed by atoms with van der Waals surface area (Å²) < 4.78 is 2.38. The first-order valence-corrected chi connectivity index (χ1v) is 13.1. The van der Waals surface area contributed by atoms with Crippen molar-refractivity contribution in [2.45, 2.75) is 57.4 Å². The van der Waals surface area contributed by atoms with Crippen molar-refractivity contribution in [3.8, 4) is 11.3 Å². The lowest BCUT2D eigenvalue weighted by Crippen LogP contribution is -2.37. The molecule has 3 aliphatic rings. The van der Waals surface area contributed by atoms with Gasteiger partial charge in [-0.25, -0.2) is 4.79 Å². The molecule has 182 valence electrons. The third-order valence-electron chi connectivity index (χ3n) is 8.27. The molecule has 1 saturated heterocycles. The van der Waals surface area contributed by atoms with Gasteiger partial charge in [0.15, 0.2) is 0 Å². The Kier molecular flexibility index (Phi) is 5.75. The first-order chi connectivity index (χ1) is 17.1. The van der Waals surface area contributed by atoms with Gasteiger partial charge in [-0.05, 0) is 48.9 Å². The third-order valence-corrected chi connectivity index (χ3v) is 8.27. The van der Waals surface area contributed by atoms with Crippen molar-refractivity contribution in [1.29, 1.82) is 0 Å². The van der Waals surface area contributed by atoms with Gasteiger partial charge in [-0.15, -0.1) is 0 Å². The quantitative estimate of drug-likeness (QED) is 0.534. The van der Waals surface area contributed by atoms with Gasteiger partial charge in [0.25, 0.3) is 0 Å². The summed E-state index contributed by atoms with van der Waals surface area (Å²) in [5, 5.41) is 10.9. The summed E-state index contributed by atoms with van der Waals surface area (Å²) in [5.41, 5.74) is 6.50. The van der Waals surface area contributed by atoms with E-state index in [0.717, 1.165) is 44.7 Å². The predicted molar refractivity (Wildman–Crippen MR) is 138 cm³/mol. The summed E-state index contributed by atoms with van der Waals surface area (Å²) in [6, 6.07) is 14.3. The van der Waals surface area contributed by atoms with Gasteiger partial charge in [0.05, 0.1) is 11.3 Å². The Hall–Kier alpha value is -3.28. The van der Waals surface area contributed by atoms with Crippen LogP contribution in [0.25, 0.3) is 22.2 Å². The average molecular weight is 472 g/mol. The number of hydrogen-bond acceptors (Lipinski definition) is 3. The van der Waals surface area contributed by atoms with Crippen LogP contribution in [-0.2, 0) is 11.3 Å². The number of carbonyl (C=O) groups excluding carboxylic acids is 1. The van der Waals surface area contributed by atoms with Crippen LogP contribution in [0.5, 0.6) is 0 Å². The molecule has 1 saturated carbocycles. The molecule has 1 aliphatic carbocycles. The van der Waals surface area contributed by atoms with Gasteiger partial charge in [-0.1, -0.05) is 43.5 Å². The fourth-order valence-electron chi connectivity index (χ4n) is 6.54. The lowest BCUT2D eigenvalue weighted by Gasteiger charge is -2.28. The second-order valence-electron chi connectivity index (χ2n) is 10.3. The molecule has 2 fully saturated rings. The highest BCUT2D eigenvalue weighted by atomic mass is 16.4. The number of anilines is 1. The second-order valence-corrected chi connectivity index (χ2v) is 10.3. The molecular formula is C29H33N3O3. The molecule has 1 aromatic heterocycles. The number of carbonyl (C=O) groups is 2. The zero-order valence-corrected chi connectivity index (χ0v) is 20.2. The Morgan fingerprint density at radius 1 is 0.914 bits per heavy atom. The number of aromatic carboxylic acids is 1. The maximum Gasteiger partial charge on any atom is 0.335 e. The van der Waals surface area contributed by atoms with Crippen LogP contribution in [0.2, 0.25) is 0 Å². The smallest absolute Gasteiger partial charge is 0.335 e. The third kappa shape index (κ3) is 3.89. The van der Waals surface area contributed by atoms with E-state index < -0.39 is 5.97 Å². The van der Waals surface area contributed by atoms with E-state index in [-0.39, 0.29) is 5.91 Å². The van der Waals surface area contributed by atoms with Crippen LogP contribution in [-0.4, -0.2) is 52.6 Å². The topological polar surface area (TPSA) is 65.8 Å². The van der Waals surface area contributed by atoms with E-state index in [1.807, 2.05) is 17.0 Å². The Morgan fingerprint density at radius 3 is 2.49 bits per heavy atom. The number of carboxylic acids is 1. The summed E-state index contributed by atoms with van der Waals surface area (Å²) in [6.45, 7) is 4.05. The number of likely N-dealkylation sites (tertiary alicyclic amines) is 1. The van der Waals surface area contributed by atoms with E-state index >= 15 is 0 Å². The molecule has 6 heteroatoms. The molecule has 0 radical (unpaired) electrons. The van der Waals surface area contributed by atoms with Crippen LogP contribution in [0.4, 0.5) is 5.69 Å². The molecule has 1 amide bonds. The number of nitrogens with zero attached hydrogens (tertiary/aromatic N) is 3. The van der Waals surface area contributed by atoms with E-state index in [1.54, 1.807) is 6.07 Å². The number of aromatic nitrogens is 1. The van der Waals surface area contributed by atoms with Gasteiger partial charge >= 0.3 is 5.97 Å². The molecule has 6 rings (SSSR count). The monoisotopic (exact) mass is 471 g/mol. The normalized spacial score (nSPS) is 18.6. The summed E-state index contributed by atoms with van der Waals surface area (Å²) in [4.78, 5) is 28.5. The van der Waals surface area contributed by atoms with Gasteiger partial charge in [0.1, 0.15) is 0 Å². The van der Waals surface area contributed by atoms with Crippen LogP contribution in [0, 0.1) is 0 Å². The van der Waals surface area contributed by atoms with Crippen LogP contribution in [0.1, 0.15) is 66.8 Å². The molecule has 35 heavy (non-hydrogen) atoms. The van der Waals surface area contributed by atoms with Gasteiger partial charge in [-0.3, -0.25) is 4.79 Å². The molecular weight excluding hydrogens is 438 g/mol. The van der Waals surface area contributed by atoms with Crippen molar-refractivity contribution in [3.05, 3.63) is 53.6 Å². The minimum atomic E-state index is -0.882. The Morgan fingerprint density at radius 2 is 1.71 bits per heavy atom. The molecule has 2 aromatic carbocycles. The summed E-state index contributed by atoms with van der Waals surface area (Å²) in [6.07, 6.45) is 7.82. The van der Waals surface area contributed by atoms with Gasteiger partial charge in [0, 0.05) is 61.3 Å². The molecule has 0 atom stereocenters. The minimum absolute atomic E-state index is 0.270. The molecule has 2 aliphatic heterocycles. The number of amides is 1. The highest BCUT2D eigenvalue weighted by Crippen LogP contribution is 2.47. The molecule has 1 N–H and O–H groups in total. The molecule has 0 bridgehead atoms. The molecule has 3 heterocycles. The van der Waals surface area contributed by atoms with Crippen LogP contribution >= 0.6 is 0 Å². The maximum atomic E-state index is 12.2. The van der Waals surface area contributed by atoms with E-state index in [2.05, 4.69) is 33.7 Å². The number of hydrogen-bond donors (Lipinski definition) is 1. The lowest BCUT2D eigenvalue weighted by atomic mass is 9.81. The standard InChI is InChI=1S/C29H33N3O3/c33-26-11-6-14-31(26)16-15-30-17-18-32-25-19-21(29(34)35)12-13-22(25)27(20-7-2-1-3-8-20)28(32)23-9-4-5-10-24(23)30/h4-5,9-10,12-13,19-20H,1-3,6-8,11,14-18H2,(H,34,35). The number of fused-ring (bicyclic) bond motifs is 5. The van der Waals surface area contributed by atoms with Crippen molar-refractivity contribution in [2.24, 2.45) is 0 Å². The minimum Gasteiger partial charge on any atom is -0.478 e. The lowest BCUT2D eigenvalue weighted by molar-refractivity contribution is -0.127. The fourth-order valence-corrected chi connectivity index (χ4v) is 6.54. The van der Waals surface area contributed by atoms with Crippen LogP contribution in [0.15, 0.2) is 42.5 Å². The van der Waals surface area contributed by atoms with Crippen molar-refractivity contribution >= 4 is 28.5 Å². The zero-order valence-electron chi connectivity index (χ0n) is 20.2. The van der Waals surface area contributed by atoms with Crippen molar-refractivity contribution in [1.82, 2.24) is 9.47 Å². The molecule has 0 spiro atoms. The van der Waals surface area contributed by atoms with Gasteiger partial charge in [-0.2, -0.15) is 0 Å². The maximum absolute atomic E-state index is 12.2. The first-order valence-electron chi connectivity index (χ1n) is 13.1. The second kappa shape index (κ2) is 9.06. The van der Waals surface area contributed by atoms with E-state index in [4.69, 9.17) is 0 Å².